The monoisotopic (exact) mass is 522 g/mol. The van der Waals surface area contributed by atoms with E-state index in [4.69, 9.17) is 0 Å². The molecule has 1 aliphatic rings. The Hall–Kier alpha value is -3.42. The summed E-state index contributed by atoms with van der Waals surface area (Å²) in [5.41, 5.74) is -3.52. The number of carbonyl (C=O) groups is 3. The molecule has 0 bridgehead atoms. The zero-order valence-corrected chi connectivity index (χ0v) is 21.8. The number of carbonyl (C=O) groups excluding carboxylic acids is 3. The molecule has 0 unspecified atom stereocenters. The topological polar surface area (TPSA) is 199 Å². The van der Waals surface area contributed by atoms with Crippen molar-refractivity contribution in [3.63, 3.8) is 0 Å². The first-order chi connectivity index (χ1) is 16.2. The van der Waals surface area contributed by atoms with Gasteiger partial charge in [0.15, 0.2) is 23.1 Å². The molecule has 3 aromatic rings. The molecule has 4 rings (SSSR count). The molecular weight excluding hydrogens is 507 g/mol. The molecular formula is C23H15NaO11S. The number of phenols is 3. The second-order valence-electron chi connectivity index (χ2n) is 7.73. The smallest absolute Gasteiger partial charge is 0.872 e. The van der Waals surface area contributed by atoms with Crippen molar-refractivity contribution in [1.29, 1.82) is 0 Å². The van der Waals surface area contributed by atoms with Crippen molar-refractivity contribution in [1.82, 2.24) is 0 Å². The minimum atomic E-state index is -5.24. The maximum absolute atomic E-state index is 13.5. The second kappa shape index (κ2) is 9.22. The van der Waals surface area contributed by atoms with E-state index in [1.807, 2.05) is 0 Å². The molecule has 4 N–H and O–H groups in total. The van der Waals surface area contributed by atoms with Crippen LogP contribution in [0.5, 0.6) is 28.7 Å². The molecule has 13 heteroatoms. The molecule has 0 amide bonds. The van der Waals surface area contributed by atoms with Gasteiger partial charge in [-0.3, -0.25) is 18.9 Å². The Morgan fingerprint density at radius 2 is 1.56 bits per heavy atom. The molecule has 180 valence electrons. The fourth-order valence-corrected chi connectivity index (χ4v) is 4.55. The molecule has 0 saturated heterocycles. The average molecular weight is 522 g/mol. The van der Waals surface area contributed by atoms with Gasteiger partial charge in [-0.05, 0) is 25.5 Å². The quantitative estimate of drug-likeness (QED) is 0.146. The molecule has 0 heterocycles. The van der Waals surface area contributed by atoms with Gasteiger partial charge in [0.1, 0.15) is 22.8 Å². The summed E-state index contributed by atoms with van der Waals surface area (Å²) in [7, 11) is -5.24. The van der Waals surface area contributed by atoms with E-state index >= 15 is 0 Å². The molecule has 0 aliphatic heterocycles. The molecule has 0 saturated carbocycles. The summed E-state index contributed by atoms with van der Waals surface area (Å²) >= 11 is 0. The van der Waals surface area contributed by atoms with E-state index < -0.39 is 84.3 Å². The van der Waals surface area contributed by atoms with Gasteiger partial charge in [-0.25, -0.2) is 0 Å². The summed E-state index contributed by atoms with van der Waals surface area (Å²) in [6, 6.07) is 5.15. The second-order valence-corrected chi connectivity index (χ2v) is 8.76. The normalized spacial score (nSPS) is 12.4. The molecule has 0 aromatic heterocycles. The molecule has 36 heavy (non-hydrogen) atoms. The molecule has 1 aliphatic carbocycles. The van der Waals surface area contributed by atoms with E-state index in [0.29, 0.717) is 6.07 Å². The summed E-state index contributed by atoms with van der Waals surface area (Å²) in [4.78, 5) is 38.8. The van der Waals surface area contributed by atoms with Crippen LogP contribution < -0.4 is 38.8 Å². The van der Waals surface area contributed by atoms with Crippen LogP contribution in [-0.4, -0.2) is 45.6 Å². The summed E-state index contributed by atoms with van der Waals surface area (Å²) in [6.07, 6.45) is 0. The fourth-order valence-electron chi connectivity index (χ4n) is 4.19. The maximum atomic E-state index is 13.5. The first-order valence-corrected chi connectivity index (χ1v) is 11.1. The third kappa shape index (κ3) is 4.22. The number of aryl methyl sites for hydroxylation is 1. The number of Topliss-reactive ketones (excluding diaryl/α,β-unsaturated/α-hetero) is 1. The van der Waals surface area contributed by atoms with E-state index in [1.54, 1.807) is 0 Å². The number of benzene rings is 3. The van der Waals surface area contributed by atoms with Gasteiger partial charge in [-0.2, -0.15) is 8.42 Å². The van der Waals surface area contributed by atoms with Gasteiger partial charge in [-0.1, -0.05) is 23.9 Å². The molecule has 0 spiro atoms. The van der Waals surface area contributed by atoms with Gasteiger partial charge in [0.25, 0.3) is 0 Å². The van der Waals surface area contributed by atoms with Crippen molar-refractivity contribution in [3.05, 3.63) is 63.7 Å². The van der Waals surface area contributed by atoms with Crippen LogP contribution >= 0.6 is 0 Å². The zero-order chi connectivity index (χ0) is 26.0. The van der Waals surface area contributed by atoms with Gasteiger partial charge >= 0.3 is 40.0 Å². The maximum Gasteiger partial charge on any atom is 1.00 e. The van der Waals surface area contributed by atoms with Gasteiger partial charge < -0.3 is 24.6 Å². The van der Waals surface area contributed by atoms with Gasteiger partial charge in [-0.15, -0.1) is 0 Å². The van der Waals surface area contributed by atoms with E-state index in [-0.39, 0.29) is 46.2 Å². The fraction of sp³-hybridized carbons (Fsp3) is 0.0870. The Balaban J connectivity index is 0.00000361. The number of ketones is 3. The van der Waals surface area contributed by atoms with E-state index in [1.165, 1.54) is 19.1 Å². The summed E-state index contributed by atoms with van der Waals surface area (Å²) in [5.74, 6) is -7.01. The van der Waals surface area contributed by atoms with Gasteiger partial charge in [0.2, 0.25) is 0 Å². The first-order valence-electron chi connectivity index (χ1n) is 9.77. The van der Waals surface area contributed by atoms with Crippen molar-refractivity contribution in [2.24, 2.45) is 0 Å². The first kappa shape index (κ1) is 27.2. The number of hydrogen-bond acceptors (Lipinski definition) is 10. The Morgan fingerprint density at radius 3 is 2.14 bits per heavy atom. The Labute approximate surface area is 225 Å². The van der Waals surface area contributed by atoms with Crippen LogP contribution in [0.25, 0.3) is 11.1 Å². The van der Waals surface area contributed by atoms with Crippen LogP contribution in [0.2, 0.25) is 0 Å². The van der Waals surface area contributed by atoms with Crippen molar-refractivity contribution < 1.29 is 81.5 Å². The number of aromatic hydroxyl groups is 3. The van der Waals surface area contributed by atoms with Crippen LogP contribution in [0, 0.1) is 6.92 Å². The predicted molar refractivity (Wildman–Crippen MR) is 117 cm³/mol. The molecule has 11 nitrogen and oxygen atoms in total. The predicted octanol–water partition coefficient (Wildman–Crippen LogP) is -0.984. The number of hydrogen-bond donors (Lipinski definition) is 4. The van der Waals surface area contributed by atoms with Crippen LogP contribution in [0.3, 0.4) is 0 Å². The van der Waals surface area contributed by atoms with E-state index in [2.05, 4.69) is 4.18 Å². The van der Waals surface area contributed by atoms with Crippen molar-refractivity contribution >= 4 is 27.7 Å². The SMILES string of the molecule is CC(=O)c1c(O)cc(OS(=O)(=O)O)c(-c2c(C)cc(O)c3c2C(=O)c2cccc([O-])c2C3=O)c1O.[Na+]. The zero-order valence-electron chi connectivity index (χ0n) is 18.9. The molecule has 3 aromatic carbocycles. The minimum absolute atomic E-state index is 0. The third-order valence-electron chi connectivity index (χ3n) is 5.50. The van der Waals surface area contributed by atoms with Crippen LogP contribution in [-0.2, 0) is 10.4 Å². The van der Waals surface area contributed by atoms with E-state index in [0.717, 1.165) is 19.1 Å². The largest absolute Gasteiger partial charge is 1.00 e. The van der Waals surface area contributed by atoms with Crippen molar-refractivity contribution in [2.45, 2.75) is 13.8 Å². The summed E-state index contributed by atoms with van der Waals surface area (Å²) in [6.45, 7) is 2.32. The number of fused-ring (bicyclic) bond motifs is 2. The van der Waals surface area contributed by atoms with E-state index in [9.17, 15) is 47.8 Å². The molecule has 0 atom stereocenters. The summed E-state index contributed by atoms with van der Waals surface area (Å²) < 4.78 is 36.7. The standard InChI is InChI=1S/C23H16O11S.Na/c1-8-6-12(26)18-20(21(28)10-4-3-5-11(25)17(10)23(18)30)15(8)19-14(34-35(31,32)33)7-13(27)16(9(2)24)22(19)29;/h3-7,25-27,29H,1-2H3,(H,31,32,33);/q;+1/p-1. The third-order valence-corrected chi connectivity index (χ3v) is 5.89. The van der Waals surface area contributed by atoms with Crippen LogP contribution in [0.4, 0.5) is 0 Å². The van der Waals surface area contributed by atoms with Crippen LogP contribution in [0.1, 0.15) is 54.7 Å². The number of phenolic OH excluding ortho intramolecular Hbond substituents is 3. The van der Waals surface area contributed by atoms with Crippen LogP contribution in [0.15, 0.2) is 30.3 Å². The summed E-state index contributed by atoms with van der Waals surface area (Å²) in [5, 5.41) is 43.9. The Kier molecular flexibility index (Phi) is 6.96. The molecule has 0 fully saturated rings. The average Bonchev–Trinajstić information content (AvgIpc) is 2.71. The molecule has 0 radical (unpaired) electrons. The van der Waals surface area contributed by atoms with Gasteiger partial charge in [0, 0.05) is 28.3 Å². The Bertz CT molecular complexity index is 1610. The van der Waals surface area contributed by atoms with Crippen molar-refractivity contribution in [3.8, 4) is 39.9 Å². The van der Waals surface area contributed by atoms with Crippen molar-refractivity contribution in [2.75, 3.05) is 0 Å². The minimum Gasteiger partial charge on any atom is -0.872 e. The van der Waals surface area contributed by atoms with Gasteiger partial charge in [0.05, 0.1) is 11.1 Å². The Morgan fingerprint density at radius 1 is 0.917 bits per heavy atom. The number of rotatable bonds is 4.